The van der Waals surface area contributed by atoms with Gasteiger partial charge >= 0.3 is 0 Å². The largest absolute Gasteiger partial charge is 0.508 e. The first-order valence-electron chi connectivity index (χ1n) is 5.43. The smallest absolute Gasteiger partial charge is 0.248 e. The number of likely N-dealkylation sites (N-methyl/N-ethyl adjacent to an activating group) is 1. The molecule has 0 aliphatic heterocycles. The van der Waals surface area contributed by atoms with Gasteiger partial charge < -0.3 is 20.5 Å². The highest BCUT2D eigenvalue weighted by atomic mass is 16.5. The van der Waals surface area contributed by atoms with Crippen molar-refractivity contribution in [2.24, 2.45) is 5.73 Å². The number of hydrogen-bond acceptors (Lipinski definition) is 4. The Bertz CT molecular complexity index is 369. The van der Waals surface area contributed by atoms with E-state index in [2.05, 4.69) is 0 Å². The van der Waals surface area contributed by atoms with Gasteiger partial charge in [-0.15, -0.1) is 0 Å². The van der Waals surface area contributed by atoms with Crippen molar-refractivity contribution in [2.75, 3.05) is 26.8 Å². The Morgan fingerprint density at radius 1 is 1.53 bits per heavy atom. The predicted octanol–water partition coefficient (Wildman–Crippen LogP) is 0.326. The van der Waals surface area contributed by atoms with E-state index in [0.29, 0.717) is 19.7 Å². The quantitative estimate of drug-likeness (QED) is 0.700. The number of carbonyl (C=O) groups is 1. The number of phenolic OH excluding ortho intramolecular Hbond substituents is 1. The maximum atomic E-state index is 11.6. The van der Waals surface area contributed by atoms with Crippen molar-refractivity contribution in [2.45, 2.75) is 6.54 Å². The second-order valence-corrected chi connectivity index (χ2v) is 3.76. The third-order valence-corrected chi connectivity index (χ3v) is 2.24. The molecule has 0 aromatic heterocycles. The van der Waals surface area contributed by atoms with Crippen LogP contribution in [0.1, 0.15) is 5.56 Å². The molecule has 0 heterocycles. The summed E-state index contributed by atoms with van der Waals surface area (Å²) in [6, 6.07) is 6.82. The van der Waals surface area contributed by atoms with E-state index in [9.17, 15) is 9.90 Å². The maximum absolute atomic E-state index is 11.6. The lowest BCUT2D eigenvalue weighted by molar-refractivity contribution is -0.135. The summed E-state index contributed by atoms with van der Waals surface area (Å²) in [5.41, 5.74) is 6.13. The lowest BCUT2D eigenvalue weighted by Crippen LogP contribution is -2.30. The van der Waals surface area contributed by atoms with E-state index >= 15 is 0 Å². The summed E-state index contributed by atoms with van der Waals surface area (Å²) in [4.78, 5) is 13.2. The van der Waals surface area contributed by atoms with Crippen LogP contribution < -0.4 is 5.73 Å². The molecule has 1 aromatic carbocycles. The second-order valence-electron chi connectivity index (χ2n) is 3.76. The number of aromatic hydroxyl groups is 1. The standard InChI is InChI=1S/C12H18N2O3/c1-14(12(16)9-17-6-5-13)8-10-3-2-4-11(15)7-10/h2-4,7,15H,5-6,8-9,13H2,1H3. The molecule has 94 valence electrons. The number of carbonyl (C=O) groups excluding carboxylic acids is 1. The van der Waals surface area contributed by atoms with Gasteiger partial charge in [0.25, 0.3) is 0 Å². The van der Waals surface area contributed by atoms with Gasteiger partial charge in [0.05, 0.1) is 6.61 Å². The fourth-order valence-electron chi connectivity index (χ4n) is 1.37. The Kier molecular flexibility index (Phi) is 5.45. The van der Waals surface area contributed by atoms with E-state index < -0.39 is 0 Å². The SMILES string of the molecule is CN(Cc1cccc(O)c1)C(=O)COCCN. The average Bonchev–Trinajstić information content (AvgIpc) is 2.29. The molecule has 1 rings (SSSR count). The molecule has 17 heavy (non-hydrogen) atoms. The number of phenols is 1. The van der Waals surface area contributed by atoms with Crippen LogP contribution in [0.25, 0.3) is 0 Å². The molecule has 0 aliphatic carbocycles. The number of hydrogen-bond donors (Lipinski definition) is 2. The number of nitrogens with two attached hydrogens (primary N) is 1. The predicted molar refractivity (Wildman–Crippen MR) is 64.5 cm³/mol. The molecule has 0 saturated heterocycles. The molecule has 0 atom stereocenters. The first kappa shape index (κ1) is 13.5. The van der Waals surface area contributed by atoms with Crippen LogP contribution >= 0.6 is 0 Å². The molecular weight excluding hydrogens is 220 g/mol. The molecule has 1 amide bonds. The third kappa shape index (κ3) is 4.84. The molecule has 3 N–H and O–H groups in total. The van der Waals surface area contributed by atoms with Gasteiger partial charge in [-0.1, -0.05) is 12.1 Å². The summed E-state index contributed by atoms with van der Waals surface area (Å²) >= 11 is 0. The Balaban J connectivity index is 2.43. The van der Waals surface area contributed by atoms with Crippen LogP contribution in [0.4, 0.5) is 0 Å². The van der Waals surface area contributed by atoms with Gasteiger partial charge in [-0.05, 0) is 17.7 Å². The fraction of sp³-hybridized carbons (Fsp3) is 0.417. The van der Waals surface area contributed by atoms with E-state index in [1.54, 1.807) is 30.1 Å². The highest BCUT2D eigenvalue weighted by Crippen LogP contribution is 2.12. The lowest BCUT2D eigenvalue weighted by atomic mass is 10.2. The minimum absolute atomic E-state index is 0.0342. The van der Waals surface area contributed by atoms with Gasteiger partial charge in [0.2, 0.25) is 5.91 Å². The van der Waals surface area contributed by atoms with Crippen molar-refractivity contribution in [1.82, 2.24) is 4.90 Å². The highest BCUT2D eigenvalue weighted by molar-refractivity contribution is 5.77. The van der Waals surface area contributed by atoms with Gasteiger partial charge in [0.15, 0.2) is 0 Å². The summed E-state index contributed by atoms with van der Waals surface area (Å²) in [7, 11) is 1.69. The molecule has 5 nitrogen and oxygen atoms in total. The van der Waals surface area contributed by atoms with Crippen LogP contribution in [-0.2, 0) is 16.1 Å². The number of benzene rings is 1. The minimum Gasteiger partial charge on any atom is -0.508 e. The third-order valence-electron chi connectivity index (χ3n) is 2.24. The summed E-state index contributed by atoms with van der Waals surface area (Å²) < 4.78 is 5.06. The molecule has 1 aromatic rings. The lowest BCUT2D eigenvalue weighted by Gasteiger charge is -2.17. The second kappa shape index (κ2) is 6.88. The monoisotopic (exact) mass is 238 g/mol. The molecule has 0 bridgehead atoms. The normalized spacial score (nSPS) is 10.2. The first-order valence-corrected chi connectivity index (χ1v) is 5.43. The Hall–Kier alpha value is -1.59. The van der Waals surface area contributed by atoms with Gasteiger partial charge in [0, 0.05) is 20.1 Å². The fourth-order valence-corrected chi connectivity index (χ4v) is 1.37. The molecule has 0 fully saturated rings. The minimum atomic E-state index is -0.109. The molecular formula is C12H18N2O3. The summed E-state index contributed by atoms with van der Waals surface area (Å²) in [6.45, 7) is 1.26. The van der Waals surface area contributed by atoms with Crippen molar-refractivity contribution in [1.29, 1.82) is 0 Å². The molecule has 0 saturated carbocycles. The van der Waals surface area contributed by atoms with Crippen LogP contribution in [0.5, 0.6) is 5.75 Å². The molecule has 5 heteroatoms. The van der Waals surface area contributed by atoms with Crippen LogP contribution in [0, 0.1) is 0 Å². The Morgan fingerprint density at radius 2 is 2.29 bits per heavy atom. The van der Waals surface area contributed by atoms with Crippen LogP contribution in [0.15, 0.2) is 24.3 Å². The highest BCUT2D eigenvalue weighted by Gasteiger charge is 2.09. The molecule has 0 unspecified atom stereocenters. The van der Waals surface area contributed by atoms with E-state index in [0.717, 1.165) is 5.56 Å². The van der Waals surface area contributed by atoms with Crippen LogP contribution in [-0.4, -0.2) is 42.7 Å². The van der Waals surface area contributed by atoms with Gasteiger partial charge in [-0.2, -0.15) is 0 Å². The average molecular weight is 238 g/mol. The molecule has 0 radical (unpaired) electrons. The van der Waals surface area contributed by atoms with E-state index in [4.69, 9.17) is 10.5 Å². The van der Waals surface area contributed by atoms with Gasteiger partial charge in [0.1, 0.15) is 12.4 Å². The summed E-state index contributed by atoms with van der Waals surface area (Å²) in [6.07, 6.45) is 0. The van der Waals surface area contributed by atoms with Gasteiger partial charge in [-0.3, -0.25) is 4.79 Å². The molecule has 0 aliphatic rings. The number of nitrogens with zero attached hydrogens (tertiary/aromatic N) is 1. The maximum Gasteiger partial charge on any atom is 0.248 e. The van der Waals surface area contributed by atoms with Gasteiger partial charge in [-0.25, -0.2) is 0 Å². The van der Waals surface area contributed by atoms with Crippen molar-refractivity contribution in [3.63, 3.8) is 0 Å². The van der Waals surface area contributed by atoms with E-state index in [1.807, 2.05) is 6.07 Å². The summed E-state index contributed by atoms with van der Waals surface area (Å²) in [5, 5.41) is 9.30. The number of ether oxygens (including phenoxy) is 1. The van der Waals surface area contributed by atoms with Crippen molar-refractivity contribution in [3.05, 3.63) is 29.8 Å². The van der Waals surface area contributed by atoms with Crippen molar-refractivity contribution in [3.8, 4) is 5.75 Å². The molecule has 0 spiro atoms. The topological polar surface area (TPSA) is 75.8 Å². The van der Waals surface area contributed by atoms with Crippen molar-refractivity contribution < 1.29 is 14.6 Å². The van der Waals surface area contributed by atoms with E-state index in [-0.39, 0.29) is 18.3 Å². The summed E-state index contributed by atoms with van der Waals surface area (Å²) in [5.74, 6) is 0.0875. The van der Waals surface area contributed by atoms with Crippen LogP contribution in [0.3, 0.4) is 0 Å². The van der Waals surface area contributed by atoms with Crippen LogP contribution in [0.2, 0.25) is 0 Å². The number of rotatable bonds is 6. The Labute approximate surface area is 101 Å². The van der Waals surface area contributed by atoms with E-state index in [1.165, 1.54) is 0 Å². The zero-order valence-electron chi connectivity index (χ0n) is 9.93. The Morgan fingerprint density at radius 3 is 2.94 bits per heavy atom. The zero-order chi connectivity index (χ0) is 12.7. The zero-order valence-corrected chi connectivity index (χ0v) is 9.93. The van der Waals surface area contributed by atoms with Crippen molar-refractivity contribution >= 4 is 5.91 Å². The number of amides is 1. The first-order chi connectivity index (χ1) is 8.13.